The average Bonchev–Trinajstić information content (AvgIpc) is 2.77. The number of methoxy groups -OCH3 is 1. The number of nitrogens with one attached hydrogen (secondary N) is 2. The molecule has 0 aliphatic rings. The Bertz CT molecular complexity index is 321. The highest BCUT2D eigenvalue weighted by Gasteiger charge is 2.06. The molecule has 2 amide bonds. The molecule has 0 aromatic carbocycles. The standard InChI is InChI=1S/C9H12N2O4/c1-14-9(13)11-5-4-10-8(12)7-3-2-6-15-7/h2-3,6H,4-5H2,1H3,(H,10,12)(H,11,13). The van der Waals surface area contributed by atoms with Gasteiger partial charge in [-0.2, -0.15) is 0 Å². The van der Waals surface area contributed by atoms with Crippen LogP contribution in [0.25, 0.3) is 0 Å². The zero-order chi connectivity index (χ0) is 11.1. The Labute approximate surface area is 86.6 Å². The van der Waals surface area contributed by atoms with Gasteiger partial charge in [0.15, 0.2) is 5.76 Å². The molecule has 0 unspecified atom stereocenters. The number of ether oxygens (including phenoxy) is 1. The van der Waals surface area contributed by atoms with E-state index in [1.54, 1.807) is 12.1 Å². The van der Waals surface area contributed by atoms with Gasteiger partial charge in [0.05, 0.1) is 13.4 Å². The van der Waals surface area contributed by atoms with Crippen LogP contribution in [0.15, 0.2) is 22.8 Å². The summed E-state index contributed by atoms with van der Waals surface area (Å²) < 4.78 is 9.22. The van der Waals surface area contributed by atoms with Crippen molar-refractivity contribution in [1.29, 1.82) is 0 Å². The molecule has 6 heteroatoms. The van der Waals surface area contributed by atoms with E-state index in [0.29, 0.717) is 13.1 Å². The van der Waals surface area contributed by atoms with Crippen LogP contribution in [0.4, 0.5) is 4.79 Å². The van der Waals surface area contributed by atoms with Gasteiger partial charge < -0.3 is 19.8 Å². The lowest BCUT2D eigenvalue weighted by molar-refractivity contribution is 0.0925. The summed E-state index contributed by atoms with van der Waals surface area (Å²) in [6.45, 7) is 0.619. The molecule has 1 aromatic heterocycles. The molecule has 0 aliphatic carbocycles. The summed E-state index contributed by atoms with van der Waals surface area (Å²) in [5, 5.41) is 4.99. The largest absolute Gasteiger partial charge is 0.459 e. The Hall–Kier alpha value is -1.98. The van der Waals surface area contributed by atoms with E-state index in [-0.39, 0.29) is 11.7 Å². The third-order valence-corrected chi connectivity index (χ3v) is 1.61. The smallest absolute Gasteiger partial charge is 0.406 e. The van der Waals surface area contributed by atoms with Crippen LogP contribution in [-0.2, 0) is 4.74 Å². The van der Waals surface area contributed by atoms with Gasteiger partial charge in [0.2, 0.25) is 0 Å². The van der Waals surface area contributed by atoms with Gasteiger partial charge in [0.25, 0.3) is 5.91 Å². The normalized spacial score (nSPS) is 9.40. The fraction of sp³-hybridized carbons (Fsp3) is 0.333. The second-order valence-corrected chi connectivity index (χ2v) is 2.65. The van der Waals surface area contributed by atoms with Crippen molar-refractivity contribution in [1.82, 2.24) is 10.6 Å². The molecule has 15 heavy (non-hydrogen) atoms. The van der Waals surface area contributed by atoms with E-state index in [2.05, 4.69) is 15.4 Å². The molecule has 1 heterocycles. The van der Waals surface area contributed by atoms with Gasteiger partial charge in [0, 0.05) is 13.1 Å². The highest BCUT2D eigenvalue weighted by Crippen LogP contribution is 1.98. The Morgan fingerprint density at radius 2 is 2.13 bits per heavy atom. The van der Waals surface area contributed by atoms with Crippen LogP contribution in [0.1, 0.15) is 10.6 Å². The average molecular weight is 212 g/mol. The minimum atomic E-state index is -0.526. The van der Waals surface area contributed by atoms with Gasteiger partial charge >= 0.3 is 6.09 Å². The topological polar surface area (TPSA) is 80.6 Å². The van der Waals surface area contributed by atoms with Gasteiger partial charge in [-0.15, -0.1) is 0 Å². The second kappa shape index (κ2) is 5.69. The van der Waals surface area contributed by atoms with Crippen LogP contribution >= 0.6 is 0 Å². The first-order chi connectivity index (χ1) is 7.24. The molecule has 0 bridgehead atoms. The molecule has 0 atom stereocenters. The lowest BCUT2D eigenvalue weighted by Crippen LogP contribution is -2.34. The Kier molecular flexibility index (Phi) is 4.21. The maximum Gasteiger partial charge on any atom is 0.406 e. The van der Waals surface area contributed by atoms with E-state index in [1.807, 2.05) is 0 Å². The lowest BCUT2D eigenvalue weighted by Gasteiger charge is -2.04. The predicted octanol–water partition coefficient (Wildman–Crippen LogP) is 0.365. The van der Waals surface area contributed by atoms with Crippen LogP contribution in [0.5, 0.6) is 0 Å². The minimum Gasteiger partial charge on any atom is -0.459 e. The van der Waals surface area contributed by atoms with Gasteiger partial charge in [0.1, 0.15) is 0 Å². The van der Waals surface area contributed by atoms with Gasteiger partial charge in [-0.3, -0.25) is 4.79 Å². The number of carbonyl (C=O) groups is 2. The van der Waals surface area contributed by atoms with Gasteiger partial charge in [-0.1, -0.05) is 0 Å². The second-order valence-electron chi connectivity index (χ2n) is 2.65. The number of amides is 2. The Morgan fingerprint density at radius 3 is 2.73 bits per heavy atom. The van der Waals surface area contributed by atoms with Crippen molar-refractivity contribution in [3.05, 3.63) is 24.2 Å². The zero-order valence-electron chi connectivity index (χ0n) is 8.28. The fourth-order valence-corrected chi connectivity index (χ4v) is 0.908. The van der Waals surface area contributed by atoms with Gasteiger partial charge in [-0.05, 0) is 12.1 Å². The number of hydrogen-bond donors (Lipinski definition) is 2. The summed E-state index contributed by atoms with van der Waals surface area (Å²) in [6.07, 6.45) is 0.893. The monoisotopic (exact) mass is 212 g/mol. The van der Waals surface area contributed by atoms with E-state index in [4.69, 9.17) is 4.42 Å². The number of alkyl carbamates (subject to hydrolysis) is 1. The van der Waals surface area contributed by atoms with Crippen LogP contribution in [0.3, 0.4) is 0 Å². The summed E-state index contributed by atoms with van der Waals surface area (Å²) in [6, 6.07) is 3.19. The van der Waals surface area contributed by atoms with E-state index in [1.165, 1.54) is 13.4 Å². The number of carbonyl (C=O) groups excluding carboxylic acids is 2. The quantitative estimate of drug-likeness (QED) is 0.706. The van der Waals surface area contributed by atoms with Crippen molar-refractivity contribution in [3.63, 3.8) is 0 Å². The molecular formula is C9H12N2O4. The maximum atomic E-state index is 11.3. The lowest BCUT2D eigenvalue weighted by atomic mass is 10.4. The fourth-order valence-electron chi connectivity index (χ4n) is 0.908. The molecule has 6 nitrogen and oxygen atoms in total. The van der Waals surface area contributed by atoms with Crippen LogP contribution in [0, 0.1) is 0 Å². The highest BCUT2D eigenvalue weighted by molar-refractivity contribution is 5.91. The van der Waals surface area contributed by atoms with Gasteiger partial charge in [-0.25, -0.2) is 4.79 Å². The number of hydrogen-bond acceptors (Lipinski definition) is 4. The van der Waals surface area contributed by atoms with Crippen LogP contribution in [-0.4, -0.2) is 32.2 Å². The first-order valence-corrected chi connectivity index (χ1v) is 4.37. The van der Waals surface area contributed by atoms with Crippen molar-refractivity contribution < 1.29 is 18.7 Å². The highest BCUT2D eigenvalue weighted by atomic mass is 16.5. The minimum absolute atomic E-state index is 0.244. The van der Waals surface area contributed by atoms with Crippen LogP contribution < -0.4 is 10.6 Å². The Balaban J connectivity index is 2.16. The molecule has 0 fully saturated rings. The number of furan rings is 1. The zero-order valence-corrected chi connectivity index (χ0v) is 8.28. The summed E-state index contributed by atoms with van der Waals surface area (Å²) >= 11 is 0. The van der Waals surface area contributed by atoms with Crippen molar-refractivity contribution in [2.24, 2.45) is 0 Å². The molecule has 2 N–H and O–H groups in total. The first-order valence-electron chi connectivity index (χ1n) is 4.37. The SMILES string of the molecule is COC(=O)NCCNC(=O)c1ccco1. The van der Waals surface area contributed by atoms with E-state index in [0.717, 1.165) is 0 Å². The molecule has 0 radical (unpaired) electrons. The van der Waals surface area contributed by atoms with Crippen molar-refractivity contribution in [2.45, 2.75) is 0 Å². The predicted molar refractivity (Wildman–Crippen MR) is 51.4 cm³/mol. The summed E-state index contributed by atoms with van der Waals surface area (Å²) in [5.41, 5.74) is 0. The van der Waals surface area contributed by atoms with Crippen molar-refractivity contribution >= 4 is 12.0 Å². The van der Waals surface area contributed by atoms with E-state index >= 15 is 0 Å². The molecular weight excluding hydrogens is 200 g/mol. The molecule has 0 saturated heterocycles. The molecule has 0 aliphatic heterocycles. The van der Waals surface area contributed by atoms with E-state index in [9.17, 15) is 9.59 Å². The maximum absolute atomic E-state index is 11.3. The molecule has 82 valence electrons. The molecule has 1 rings (SSSR count). The van der Waals surface area contributed by atoms with Crippen molar-refractivity contribution in [3.8, 4) is 0 Å². The summed E-state index contributed by atoms with van der Waals surface area (Å²) in [7, 11) is 1.27. The number of rotatable bonds is 4. The first kappa shape index (κ1) is 11.1. The Morgan fingerprint density at radius 1 is 1.40 bits per heavy atom. The molecule has 0 saturated carbocycles. The van der Waals surface area contributed by atoms with E-state index < -0.39 is 6.09 Å². The van der Waals surface area contributed by atoms with Crippen LogP contribution in [0.2, 0.25) is 0 Å². The molecule has 0 spiro atoms. The van der Waals surface area contributed by atoms with Crippen molar-refractivity contribution in [2.75, 3.05) is 20.2 Å². The third-order valence-electron chi connectivity index (χ3n) is 1.61. The third kappa shape index (κ3) is 3.72. The summed E-state index contributed by atoms with van der Waals surface area (Å²) in [5.74, 6) is -0.0697. The molecule has 1 aromatic rings. The summed E-state index contributed by atoms with van der Waals surface area (Å²) in [4.78, 5) is 21.9.